The van der Waals surface area contributed by atoms with Gasteiger partial charge in [0.2, 0.25) is 11.7 Å². The third-order valence-electron chi connectivity index (χ3n) is 4.52. The molecule has 5 nitrogen and oxygen atoms in total. The van der Waals surface area contributed by atoms with Gasteiger partial charge in [-0.1, -0.05) is 18.5 Å². The molecule has 0 radical (unpaired) electrons. The largest absolute Gasteiger partial charge is 0.367 e. The maximum absolute atomic E-state index is 5.76. The van der Waals surface area contributed by atoms with Gasteiger partial charge in [0.15, 0.2) is 0 Å². The fraction of sp³-hybridized carbons (Fsp3) is 0.857. The smallest absolute Gasteiger partial charge is 0.243 e. The van der Waals surface area contributed by atoms with Crippen LogP contribution in [0.25, 0.3) is 0 Å². The second-order valence-corrected chi connectivity index (χ2v) is 5.94. The summed E-state index contributed by atoms with van der Waals surface area (Å²) in [7, 11) is 0. The molecule has 3 heterocycles. The number of piperidine rings is 1. The fourth-order valence-electron chi connectivity index (χ4n) is 3.10. The molecular weight excluding hydrogens is 242 g/mol. The summed E-state index contributed by atoms with van der Waals surface area (Å²) >= 11 is 0. The van der Waals surface area contributed by atoms with E-state index in [2.05, 4.69) is 29.3 Å². The van der Waals surface area contributed by atoms with Crippen LogP contribution in [0, 0.1) is 5.92 Å². The lowest BCUT2D eigenvalue weighted by molar-refractivity contribution is 0.00768. The summed E-state index contributed by atoms with van der Waals surface area (Å²) in [6.45, 7) is 6.13. The summed E-state index contributed by atoms with van der Waals surface area (Å²) < 4.78 is 11.2. The monoisotopic (exact) mass is 265 g/mol. The van der Waals surface area contributed by atoms with Crippen molar-refractivity contribution < 1.29 is 9.26 Å². The molecule has 1 N–H and O–H groups in total. The number of nitrogens with zero attached hydrogens (tertiary/aromatic N) is 2. The Hall–Kier alpha value is -0.940. The number of hydrogen-bond donors (Lipinski definition) is 1. The van der Waals surface area contributed by atoms with E-state index in [9.17, 15) is 0 Å². The first-order valence-electron chi connectivity index (χ1n) is 7.42. The molecule has 0 aliphatic carbocycles. The number of aromatic nitrogens is 2. The molecule has 19 heavy (non-hydrogen) atoms. The molecule has 3 rings (SSSR count). The van der Waals surface area contributed by atoms with Crippen LogP contribution in [-0.4, -0.2) is 23.3 Å². The van der Waals surface area contributed by atoms with Gasteiger partial charge in [0.05, 0.1) is 6.04 Å². The van der Waals surface area contributed by atoms with Crippen molar-refractivity contribution in [3.8, 4) is 0 Å². The molecule has 0 saturated carbocycles. The van der Waals surface area contributed by atoms with Gasteiger partial charge in [-0.25, -0.2) is 0 Å². The molecule has 5 heteroatoms. The Morgan fingerprint density at radius 2 is 2.37 bits per heavy atom. The zero-order valence-corrected chi connectivity index (χ0v) is 11.8. The highest BCUT2D eigenvalue weighted by atomic mass is 16.5. The molecule has 3 atom stereocenters. The Morgan fingerprint density at radius 1 is 1.47 bits per heavy atom. The van der Waals surface area contributed by atoms with Crippen molar-refractivity contribution in [3.05, 3.63) is 11.7 Å². The van der Waals surface area contributed by atoms with Crippen molar-refractivity contribution >= 4 is 0 Å². The predicted molar refractivity (Wildman–Crippen MR) is 70.6 cm³/mol. The van der Waals surface area contributed by atoms with Gasteiger partial charge >= 0.3 is 0 Å². The van der Waals surface area contributed by atoms with Gasteiger partial charge in [0, 0.05) is 6.61 Å². The van der Waals surface area contributed by atoms with Crippen molar-refractivity contribution in [3.63, 3.8) is 0 Å². The molecule has 2 aliphatic rings. The van der Waals surface area contributed by atoms with Crippen LogP contribution in [-0.2, 0) is 10.3 Å². The normalized spacial score (nSPS) is 35.7. The van der Waals surface area contributed by atoms with Gasteiger partial charge in [0.1, 0.15) is 5.60 Å². The van der Waals surface area contributed by atoms with Crippen molar-refractivity contribution in [2.24, 2.45) is 5.92 Å². The molecule has 3 unspecified atom stereocenters. The molecule has 106 valence electrons. The minimum Gasteiger partial charge on any atom is -0.367 e. The second-order valence-electron chi connectivity index (χ2n) is 5.94. The summed E-state index contributed by atoms with van der Waals surface area (Å²) in [6, 6.07) is 0.213. The summed E-state index contributed by atoms with van der Waals surface area (Å²) in [5, 5.41) is 7.62. The third-order valence-corrected chi connectivity index (χ3v) is 4.52. The SMILES string of the molecule is CCC1CCNC(c2nc(C3(C)CCCO3)no2)C1. The van der Waals surface area contributed by atoms with E-state index in [4.69, 9.17) is 9.26 Å². The van der Waals surface area contributed by atoms with Crippen LogP contribution in [0.15, 0.2) is 4.52 Å². The van der Waals surface area contributed by atoms with Crippen molar-refractivity contribution in [2.45, 2.75) is 57.6 Å². The van der Waals surface area contributed by atoms with E-state index in [1.54, 1.807) is 0 Å². The van der Waals surface area contributed by atoms with Gasteiger partial charge in [0.25, 0.3) is 0 Å². The molecule has 0 aromatic carbocycles. The van der Waals surface area contributed by atoms with E-state index in [0.29, 0.717) is 5.82 Å². The van der Waals surface area contributed by atoms with E-state index in [-0.39, 0.29) is 11.6 Å². The average molecular weight is 265 g/mol. The highest BCUT2D eigenvalue weighted by Crippen LogP contribution is 2.35. The Morgan fingerprint density at radius 3 is 3.11 bits per heavy atom. The van der Waals surface area contributed by atoms with E-state index in [1.807, 2.05) is 0 Å². The summed E-state index contributed by atoms with van der Waals surface area (Å²) in [5.74, 6) is 2.20. The summed E-state index contributed by atoms with van der Waals surface area (Å²) in [6.07, 6.45) is 5.60. The number of rotatable bonds is 3. The van der Waals surface area contributed by atoms with Gasteiger partial charge in [-0.2, -0.15) is 4.98 Å². The van der Waals surface area contributed by atoms with Crippen molar-refractivity contribution in [2.75, 3.05) is 13.2 Å². The minimum atomic E-state index is -0.347. The van der Waals surface area contributed by atoms with Gasteiger partial charge in [-0.15, -0.1) is 0 Å². The zero-order valence-electron chi connectivity index (χ0n) is 11.8. The molecular formula is C14H23N3O2. The Balaban J connectivity index is 1.74. The lowest BCUT2D eigenvalue weighted by Crippen LogP contribution is -2.32. The molecule has 2 fully saturated rings. The number of nitrogens with one attached hydrogen (secondary N) is 1. The Kier molecular flexibility index (Phi) is 3.58. The molecule has 1 aromatic rings. The second kappa shape index (κ2) is 5.21. The maximum Gasteiger partial charge on any atom is 0.243 e. The highest BCUT2D eigenvalue weighted by Gasteiger charge is 2.37. The first-order valence-corrected chi connectivity index (χ1v) is 7.42. The van der Waals surface area contributed by atoms with Crippen LogP contribution in [0.5, 0.6) is 0 Å². The van der Waals surface area contributed by atoms with Crippen molar-refractivity contribution in [1.29, 1.82) is 0 Å². The predicted octanol–water partition coefficient (Wildman–Crippen LogP) is 2.55. The van der Waals surface area contributed by atoms with Crippen LogP contribution >= 0.6 is 0 Å². The van der Waals surface area contributed by atoms with Crippen LogP contribution < -0.4 is 5.32 Å². The lowest BCUT2D eigenvalue weighted by Gasteiger charge is -2.27. The molecule has 2 saturated heterocycles. The van der Waals surface area contributed by atoms with Crippen LogP contribution in [0.4, 0.5) is 0 Å². The van der Waals surface area contributed by atoms with Crippen LogP contribution in [0.3, 0.4) is 0 Å². The zero-order chi connectivity index (χ0) is 13.3. The minimum absolute atomic E-state index is 0.213. The van der Waals surface area contributed by atoms with E-state index in [0.717, 1.165) is 44.2 Å². The van der Waals surface area contributed by atoms with E-state index >= 15 is 0 Å². The molecule has 2 aliphatic heterocycles. The quantitative estimate of drug-likeness (QED) is 0.910. The molecule has 0 spiro atoms. The van der Waals surface area contributed by atoms with E-state index in [1.165, 1.54) is 12.8 Å². The van der Waals surface area contributed by atoms with Crippen LogP contribution in [0.2, 0.25) is 0 Å². The lowest BCUT2D eigenvalue weighted by atomic mass is 9.90. The fourth-order valence-corrected chi connectivity index (χ4v) is 3.10. The topological polar surface area (TPSA) is 60.2 Å². The van der Waals surface area contributed by atoms with Gasteiger partial charge in [-0.05, 0) is 45.1 Å². The van der Waals surface area contributed by atoms with Crippen molar-refractivity contribution in [1.82, 2.24) is 15.5 Å². The Bertz CT molecular complexity index is 426. The highest BCUT2D eigenvalue weighted by molar-refractivity contribution is 5.04. The standard InChI is InChI=1S/C14H23N3O2/c1-3-10-5-7-15-11(9-10)12-16-13(17-19-12)14(2)6-4-8-18-14/h10-11,15H,3-9H2,1-2H3. The average Bonchev–Trinajstić information content (AvgIpc) is 3.08. The summed E-state index contributed by atoms with van der Waals surface area (Å²) in [5.41, 5.74) is -0.347. The number of ether oxygens (including phenoxy) is 1. The van der Waals surface area contributed by atoms with Crippen LogP contribution in [0.1, 0.15) is 63.7 Å². The maximum atomic E-state index is 5.76. The number of hydrogen-bond acceptors (Lipinski definition) is 5. The Labute approximate surface area is 114 Å². The first-order chi connectivity index (χ1) is 9.21. The molecule has 0 amide bonds. The van der Waals surface area contributed by atoms with Gasteiger partial charge < -0.3 is 14.6 Å². The van der Waals surface area contributed by atoms with Gasteiger partial charge in [-0.3, -0.25) is 0 Å². The molecule has 0 bridgehead atoms. The molecule has 1 aromatic heterocycles. The first kappa shape index (κ1) is 13.1. The summed E-state index contributed by atoms with van der Waals surface area (Å²) in [4.78, 5) is 4.59. The third kappa shape index (κ3) is 2.54. The van der Waals surface area contributed by atoms with E-state index < -0.39 is 0 Å².